The molecule has 1 aromatic carbocycles. The molecular weight excluding hydrogens is 363 g/mol. The van der Waals surface area contributed by atoms with Crippen LogP contribution in [-0.2, 0) is 10.0 Å². The summed E-state index contributed by atoms with van der Waals surface area (Å²) in [6.07, 6.45) is 0.893. The van der Waals surface area contributed by atoms with Crippen LogP contribution in [-0.4, -0.2) is 32.8 Å². The van der Waals surface area contributed by atoms with Gasteiger partial charge in [-0.25, -0.2) is 17.9 Å². The third kappa shape index (κ3) is 4.49. The number of hydrogen-bond donors (Lipinski definition) is 1. The van der Waals surface area contributed by atoms with Crippen molar-refractivity contribution in [2.75, 3.05) is 13.6 Å². The van der Waals surface area contributed by atoms with Crippen LogP contribution in [0.1, 0.15) is 30.6 Å². The van der Waals surface area contributed by atoms with Gasteiger partial charge >= 0.3 is 0 Å². The van der Waals surface area contributed by atoms with Crippen LogP contribution in [0.25, 0.3) is 0 Å². The summed E-state index contributed by atoms with van der Waals surface area (Å²) >= 11 is 3.03. The van der Waals surface area contributed by atoms with E-state index < -0.39 is 26.6 Å². The summed E-state index contributed by atoms with van der Waals surface area (Å²) in [6.45, 7) is 4.48. The lowest BCUT2D eigenvalue weighted by molar-refractivity contribution is 0.0773. The fourth-order valence-corrected chi connectivity index (χ4v) is 3.52. The van der Waals surface area contributed by atoms with Gasteiger partial charge in [0.1, 0.15) is 5.82 Å². The summed E-state index contributed by atoms with van der Waals surface area (Å²) in [5.41, 5.74) is -0.0650. The zero-order valence-electron chi connectivity index (χ0n) is 12.1. The summed E-state index contributed by atoms with van der Waals surface area (Å²) in [7, 11) is -2.54. The molecule has 8 heteroatoms. The largest absolute Gasteiger partial charge is 0.341 e. The van der Waals surface area contributed by atoms with Crippen LogP contribution in [0.15, 0.2) is 21.5 Å². The summed E-state index contributed by atoms with van der Waals surface area (Å²) < 4.78 is 36.4. The molecule has 0 saturated heterocycles. The van der Waals surface area contributed by atoms with Gasteiger partial charge in [-0.15, -0.1) is 0 Å². The van der Waals surface area contributed by atoms with E-state index >= 15 is 0 Å². The Bertz CT molecular complexity index is 649. The van der Waals surface area contributed by atoms with Crippen LogP contribution in [0.2, 0.25) is 0 Å². The number of primary sulfonamides is 1. The van der Waals surface area contributed by atoms with Gasteiger partial charge in [0, 0.05) is 13.6 Å². The molecule has 0 saturated carbocycles. The molecule has 1 aromatic rings. The molecular formula is C13H18BrFN2O3S. The van der Waals surface area contributed by atoms with Crippen LogP contribution in [0.3, 0.4) is 0 Å². The minimum absolute atomic E-state index is 0.0209. The molecule has 0 aromatic heterocycles. The van der Waals surface area contributed by atoms with Crippen LogP contribution < -0.4 is 5.14 Å². The Labute approximate surface area is 132 Å². The average Bonchev–Trinajstić information content (AvgIpc) is 2.38. The van der Waals surface area contributed by atoms with Crippen LogP contribution in [0, 0.1) is 11.7 Å². The van der Waals surface area contributed by atoms with Gasteiger partial charge in [0.2, 0.25) is 10.0 Å². The minimum atomic E-state index is -4.12. The van der Waals surface area contributed by atoms with Gasteiger partial charge in [0.05, 0.1) is 14.9 Å². The fourth-order valence-electron chi connectivity index (χ4n) is 1.81. The van der Waals surface area contributed by atoms with E-state index in [0.29, 0.717) is 6.54 Å². The van der Waals surface area contributed by atoms with E-state index in [2.05, 4.69) is 15.9 Å². The molecule has 1 rings (SSSR count). The number of benzene rings is 1. The van der Waals surface area contributed by atoms with Gasteiger partial charge in [-0.1, -0.05) is 20.3 Å². The summed E-state index contributed by atoms with van der Waals surface area (Å²) in [5, 5.41) is 5.02. The number of nitrogens with two attached hydrogens (primary N) is 1. The monoisotopic (exact) mass is 380 g/mol. The van der Waals surface area contributed by atoms with Crippen molar-refractivity contribution in [1.82, 2.24) is 4.90 Å². The number of rotatable bonds is 5. The molecule has 0 heterocycles. The Balaban J connectivity index is 3.25. The molecule has 1 unspecified atom stereocenters. The number of hydrogen-bond acceptors (Lipinski definition) is 3. The zero-order valence-corrected chi connectivity index (χ0v) is 14.5. The number of halogens is 2. The molecule has 0 aliphatic carbocycles. The molecule has 21 heavy (non-hydrogen) atoms. The molecule has 1 amide bonds. The maximum Gasteiger partial charge on any atom is 0.254 e. The van der Waals surface area contributed by atoms with Gasteiger partial charge in [0.25, 0.3) is 5.91 Å². The lowest BCUT2D eigenvalue weighted by Crippen LogP contribution is -2.31. The molecule has 118 valence electrons. The van der Waals surface area contributed by atoms with E-state index in [0.717, 1.165) is 18.6 Å². The van der Waals surface area contributed by atoms with Crippen molar-refractivity contribution >= 4 is 31.9 Å². The van der Waals surface area contributed by atoms with Crippen molar-refractivity contribution in [3.05, 3.63) is 28.0 Å². The zero-order chi connectivity index (χ0) is 16.4. The van der Waals surface area contributed by atoms with Crippen molar-refractivity contribution in [1.29, 1.82) is 0 Å². The van der Waals surface area contributed by atoms with Crippen LogP contribution in [0.5, 0.6) is 0 Å². The smallest absolute Gasteiger partial charge is 0.254 e. The molecule has 0 aliphatic heterocycles. The maximum absolute atomic E-state index is 13.6. The van der Waals surface area contributed by atoms with Gasteiger partial charge in [-0.05, 0) is 34.0 Å². The lowest BCUT2D eigenvalue weighted by atomic mass is 10.1. The van der Waals surface area contributed by atoms with Crippen molar-refractivity contribution < 1.29 is 17.6 Å². The van der Waals surface area contributed by atoms with E-state index in [1.807, 2.05) is 13.8 Å². The second-order valence-electron chi connectivity index (χ2n) is 5.01. The first-order chi connectivity index (χ1) is 9.57. The Morgan fingerprint density at radius 2 is 2.05 bits per heavy atom. The molecule has 5 nitrogen and oxygen atoms in total. The highest BCUT2D eigenvalue weighted by Gasteiger charge is 2.23. The second-order valence-corrected chi connectivity index (χ2v) is 7.33. The maximum atomic E-state index is 13.6. The van der Waals surface area contributed by atoms with E-state index in [4.69, 9.17) is 5.14 Å². The first-order valence-electron chi connectivity index (χ1n) is 6.35. The second kappa shape index (κ2) is 6.85. The Morgan fingerprint density at radius 1 is 1.48 bits per heavy atom. The first kappa shape index (κ1) is 18.1. The van der Waals surface area contributed by atoms with Crippen LogP contribution >= 0.6 is 15.9 Å². The minimum Gasteiger partial charge on any atom is -0.341 e. The normalized spacial score (nSPS) is 13.0. The molecule has 0 bridgehead atoms. The highest BCUT2D eigenvalue weighted by atomic mass is 79.9. The van der Waals surface area contributed by atoms with Gasteiger partial charge in [-0.3, -0.25) is 4.79 Å². The van der Waals surface area contributed by atoms with Crippen LogP contribution in [0.4, 0.5) is 4.39 Å². The predicted octanol–water partition coefficient (Wildman–Crippen LogP) is 2.35. The first-order valence-corrected chi connectivity index (χ1v) is 8.69. The highest BCUT2D eigenvalue weighted by molar-refractivity contribution is 9.10. The summed E-state index contributed by atoms with van der Waals surface area (Å²) in [4.78, 5) is 13.3. The Hall–Kier alpha value is -0.990. The van der Waals surface area contributed by atoms with E-state index in [9.17, 15) is 17.6 Å². The molecule has 0 fully saturated rings. The Morgan fingerprint density at radius 3 is 2.52 bits per heavy atom. The molecule has 0 radical (unpaired) electrons. The van der Waals surface area contributed by atoms with Crippen molar-refractivity contribution in [2.45, 2.75) is 25.2 Å². The van der Waals surface area contributed by atoms with Crippen molar-refractivity contribution in [3.63, 3.8) is 0 Å². The van der Waals surface area contributed by atoms with Gasteiger partial charge in [-0.2, -0.15) is 0 Å². The predicted molar refractivity (Wildman–Crippen MR) is 81.9 cm³/mol. The highest BCUT2D eigenvalue weighted by Crippen LogP contribution is 2.27. The van der Waals surface area contributed by atoms with Gasteiger partial charge < -0.3 is 4.90 Å². The topological polar surface area (TPSA) is 80.5 Å². The third-order valence-corrected chi connectivity index (χ3v) is 5.22. The van der Waals surface area contributed by atoms with Gasteiger partial charge in [0.15, 0.2) is 0 Å². The van der Waals surface area contributed by atoms with E-state index in [1.54, 1.807) is 7.05 Å². The van der Waals surface area contributed by atoms with E-state index in [-0.39, 0.29) is 16.0 Å². The van der Waals surface area contributed by atoms with E-state index in [1.165, 1.54) is 4.90 Å². The summed E-state index contributed by atoms with van der Waals surface area (Å²) in [6, 6.07) is 1.78. The van der Waals surface area contributed by atoms with Crippen molar-refractivity contribution in [3.8, 4) is 0 Å². The number of amides is 1. The quantitative estimate of drug-likeness (QED) is 0.850. The average molecular weight is 381 g/mol. The molecule has 0 spiro atoms. The molecule has 1 atom stereocenters. The molecule has 0 aliphatic rings. The lowest BCUT2D eigenvalue weighted by Gasteiger charge is -2.22. The SMILES string of the molecule is CCC(C)CN(C)C(=O)c1cc(F)cc(S(N)(=O)=O)c1Br. The standard InChI is InChI=1S/C13H18BrFN2O3S/c1-4-8(2)7-17(3)13(18)10-5-9(15)6-11(12(10)14)21(16,19)20/h5-6,8H,4,7H2,1-3H3,(H2,16,19,20). The number of carbonyl (C=O) groups excluding carboxylic acids is 1. The van der Waals surface area contributed by atoms with Crippen molar-refractivity contribution in [2.24, 2.45) is 11.1 Å². The fraction of sp³-hybridized carbons (Fsp3) is 0.462. The number of carbonyl (C=O) groups is 1. The summed E-state index contributed by atoms with van der Waals surface area (Å²) in [5.74, 6) is -1.02. The Kier molecular flexibility index (Phi) is 5.89. The number of sulfonamides is 1. The molecule has 2 N–H and O–H groups in total. The third-order valence-electron chi connectivity index (χ3n) is 3.17. The number of nitrogens with zero attached hydrogens (tertiary/aromatic N) is 1.